The van der Waals surface area contributed by atoms with Gasteiger partial charge in [0.15, 0.2) is 0 Å². The van der Waals surface area contributed by atoms with Gasteiger partial charge in [0, 0.05) is 13.8 Å². The molecule has 0 aliphatic rings. The van der Waals surface area contributed by atoms with Gasteiger partial charge in [-0.1, -0.05) is 0 Å². The van der Waals surface area contributed by atoms with E-state index in [4.69, 9.17) is 25.3 Å². The molecule has 0 bridgehead atoms. The quantitative estimate of drug-likeness (QED) is 0.360. The summed E-state index contributed by atoms with van der Waals surface area (Å²) in [5, 5.41) is 0. The Bertz CT molecular complexity index is 341. The van der Waals surface area contributed by atoms with Crippen molar-refractivity contribution in [1.82, 2.24) is 0 Å². The van der Waals surface area contributed by atoms with Crippen molar-refractivity contribution < 1.29 is 39.6 Å². The maximum absolute atomic E-state index is 9.81. The van der Waals surface area contributed by atoms with E-state index in [1.54, 1.807) is 0 Å². The third kappa shape index (κ3) is 235. The number of ether oxygens (including phenoxy) is 1. The van der Waals surface area contributed by atoms with E-state index in [1.807, 2.05) is 0 Å². The Kier molecular flexibility index (Phi) is 15.7. The van der Waals surface area contributed by atoms with E-state index in [1.165, 1.54) is 13.8 Å². The maximum Gasteiger partial charge on any atom is 0.425 e. The highest BCUT2D eigenvalue weighted by Crippen LogP contribution is 1.73. The number of carbonyl (C=O) groups excluding carboxylic acids is 2. The third-order valence-electron chi connectivity index (χ3n) is 0.287. The maximum atomic E-state index is 9.81. The SMILES string of the molecule is CC(=O)OC(C)=O.O=S(=O)=O.O=S(=O)=O. The summed E-state index contributed by atoms with van der Waals surface area (Å²) in [5.74, 6) is -1.12. The van der Waals surface area contributed by atoms with Crippen LogP contribution in [0.15, 0.2) is 0 Å². The number of hydrogen-bond acceptors (Lipinski definition) is 9. The number of esters is 2. The second-order valence-electron chi connectivity index (χ2n) is 1.49. The van der Waals surface area contributed by atoms with Crippen molar-refractivity contribution in [2.75, 3.05) is 0 Å². The van der Waals surface area contributed by atoms with Crippen LogP contribution in [0.4, 0.5) is 0 Å². The Morgan fingerprint density at radius 3 is 0.867 bits per heavy atom. The molecule has 0 atom stereocenters. The van der Waals surface area contributed by atoms with Crippen molar-refractivity contribution >= 4 is 33.2 Å². The van der Waals surface area contributed by atoms with Crippen molar-refractivity contribution in [2.24, 2.45) is 0 Å². The Balaban J connectivity index is -0.000000155. The molecule has 0 spiro atoms. The average Bonchev–Trinajstić information content (AvgIpc) is 1.78. The van der Waals surface area contributed by atoms with Gasteiger partial charge in [0.2, 0.25) is 0 Å². The van der Waals surface area contributed by atoms with Crippen LogP contribution in [0.1, 0.15) is 13.8 Å². The van der Waals surface area contributed by atoms with Gasteiger partial charge in [0.1, 0.15) is 0 Å². The molecule has 0 rings (SSSR count). The minimum absolute atomic E-state index is 0.562. The van der Waals surface area contributed by atoms with Crippen LogP contribution < -0.4 is 0 Å². The van der Waals surface area contributed by atoms with Crippen molar-refractivity contribution in [3.05, 3.63) is 0 Å². The van der Waals surface area contributed by atoms with Gasteiger partial charge in [-0.05, 0) is 0 Å². The standard InChI is InChI=1S/C4H6O3.2O3S/c1-3(5)7-4(2)6;2*1-4(2)3/h1-2H3;;. The summed E-state index contributed by atoms with van der Waals surface area (Å²) < 4.78 is 54.6. The molecule has 11 heteroatoms. The first-order chi connectivity index (χ1) is 6.59. The predicted octanol–water partition coefficient (Wildman–Crippen LogP) is -1.91. The van der Waals surface area contributed by atoms with Crippen LogP contribution in [0.25, 0.3) is 0 Å². The van der Waals surface area contributed by atoms with Crippen molar-refractivity contribution in [3.8, 4) is 0 Å². The summed E-state index contributed by atoms with van der Waals surface area (Å²) in [6.45, 7) is 2.36. The lowest BCUT2D eigenvalue weighted by molar-refractivity contribution is -0.156. The Morgan fingerprint density at radius 1 is 0.733 bits per heavy atom. The average molecular weight is 262 g/mol. The molecule has 9 nitrogen and oxygen atoms in total. The lowest BCUT2D eigenvalue weighted by Gasteiger charge is -1.87. The van der Waals surface area contributed by atoms with Gasteiger partial charge in [0.25, 0.3) is 0 Å². The minimum atomic E-state index is -3.11. The highest BCUT2D eigenvalue weighted by molar-refractivity contribution is 7.59. The summed E-state index contributed by atoms with van der Waals surface area (Å²) in [4.78, 5) is 19.6. The highest BCUT2D eigenvalue weighted by Gasteiger charge is 1.93. The molecule has 0 unspecified atom stereocenters. The molecule has 0 aromatic carbocycles. The third-order valence-corrected chi connectivity index (χ3v) is 0.287. The molecule has 0 saturated heterocycles. The fraction of sp³-hybridized carbons (Fsp3) is 0.500. The molecular weight excluding hydrogens is 256 g/mol. The van der Waals surface area contributed by atoms with Crippen LogP contribution in [0.3, 0.4) is 0 Å². The normalized spacial score (nSPS) is 6.80. The van der Waals surface area contributed by atoms with E-state index in [-0.39, 0.29) is 0 Å². The minimum Gasteiger partial charge on any atom is -0.394 e. The van der Waals surface area contributed by atoms with Gasteiger partial charge in [0.05, 0.1) is 0 Å². The van der Waals surface area contributed by atoms with Gasteiger partial charge in [-0.2, -0.15) is 0 Å². The lowest BCUT2D eigenvalue weighted by atomic mass is 10.7. The van der Waals surface area contributed by atoms with E-state index in [9.17, 15) is 9.59 Å². The zero-order chi connectivity index (χ0) is 13.0. The molecule has 0 aliphatic heterocycles. The van der Waals surface area contributed by atoms with Gasteiger partial charge in [-0.25, -0.2) is 0 Å². The van der Waals surface area contributed by atoms with Gasteiger partial charge < -0.3 is 4.74 Å². The summed E-state index contributed by atoms with van der Waals surface area (Å²) in [6.07, 6.45) is 0. The molecule has 15 heavy (non-hydrogen) atoms. The molecule has 0 aromatic rings. The predicted molar refractivity (Wildman–Crippen MR) is 41.8 cm³/mol. The summed E-state index contributed by atoms with van der Waals surface area (Å²) in [7, 11) is -6.22. The molecule has 0 aromatic heterocycles. The van der Waals surface area contributed by atoms with Crippen LogP contribution in [0.2, 0.25) is 0 Å². The van der Waals surface area contributed by atoms with E-state index in [2.05, 4.69) is 4.74 Å². The van der Waals surface area contributed by atoms with E-state index in [0.717, 1.165) is 0 Å². The zero-order valence-corrected chi connectivity index (χ0v) is 9.12. The fourth-order valence-corrected chi connectivity index (χ4v) is 0.202. The van der Waals surface area contributed by atoms with Crippen LogP contribution >= 0.6 is 0 Å². The molecule has 0 heterocycles. The molecule has 0 radical (unpaired) electrons. The highest BCUT2D eigenvalue weighted by atomic mass is 32.2. The number of carbonyl (C=O) groups is 2. The number of rotatable bonds is 0. The molecule has 0 aliphatic carbocycles. The smallest absolute Gasteiger partial charge is 0.394 e. The Hall–Kier alpha value is -1.62. The van der Waals surface area contributed by atoms with Gasteiger partial charge >= 0.3 is 33.2 Å². The fourth-order valence-electron chi connectivity index (χ4n) is 0.202. The van der Waals surface area contributed by atoms with Gasteiger partial charge in [-0.15, -0.1) is 25.3 Å². The lowest BCUT2D eigenvalue weighted by Crippen LogP contribution is -2.03. The first kappa shape index (κ1) is 19.0. The van der Waals surface area contributed by atoms with E-state index in [0.29, 0.717) is 0 Å². The molecule has 0 N–H and O–H groups in total. The summed E-state index contributed by atoms with van der Waals surface area (Å²) in [5.41, 5.74) is 0. The molecule has 88 valence electrons. The Labute approximate surface area is 87.2 Å². The topological polar surface area (TPSA) is 146 Å². The summed E-state index contributed by atoms with van der Waals surface area (Å²) >= 11 is 0. The van der Waals surface area contributed by atoms with Crippen LogP contribution in [-0.2, 0) is 35.5 Å². The first-order valence-corrected chi connectivity index (χ1v) is 4.82. The second kappa shape index (κ2) is 12.4. The van der Waals surface area contributed by atoms with E-state index < -0.39 is 33.2 Å². The second-order valence-corrected chi connectivity index (χ2v) is 2.31. The Morgan fingerprint density at radius 2 is 0.867 bits per heavy atom. The molecule has 0 amide bonds. The monoisotopic (exact) mass is 262 g/mol. The number of hydrogen-bond donors (Lipinski definition) is 0. The van der Waals surface area contributed by atoms with Crippen LogP contribution in [0.5, 0.6) is 0 Å². The first-order valence-electron chi connectivity index (χ1n) is 2.82. The van der Waals surface area contributed by atoms with Crippen molar-refractivity contribution in [2.45, 2.75) is 13.8 Å². The largest absolute Gasteiger partial charge is 0.425 e. The molecule has 0 saturated carbocycles. The van der Waals surface area contributed by atoms with E-state index >= 15 is 0 Å². The molecular formula is C4H6O9S2. The van der Waals surface area contributed by atoms with Crippen LogP contribution in [0, 0.1) is 0 Å². The summed E-state index contributed by atoms with van der Waals surface area (Å²) in [6, 6.07) is 0. The zero-order valence-electron chi connectivity index (χ0n) is 7.49. The van der Waals surface area contributed by atoms with Crippen molar-refractivity contribution in [3.63, 3.8) is 0 Å². The molecule has 0 fully saturated rings. The van der Waals surface area contributed by atoms with Crippen LogP contribution in [-0.4, -0.2) is 37.2 Å². The van der Waals surface area contributed by atoms with Gasteiger partial charge in [-0.3, -0.25) is 9.59 Å². The van der Waals surface area contributed by atoms with Crippen molar-refractivity contribution in [1.29, 1.82) is 0 Å².